The highest BCUT2D eigenvalue weighted by atomic mass is 79.9. The van der Waals surface area contributed by atoms with Gasteiger partial charge in [0, 0.05) is 29.3 Å². The van der Waals surface area contributed by atoms with Gasteiger partial charge in [-0.1, -0.05) is 34.1 Å². The Balaban J connectivity index is 1.38. The predicted octanol–water partition coefficient (Wildman–Crippen LogP) is 3.64. The minimum absolute atomic E-state index is 0.0175. The molecule has 2 aromatic rings. The average Bonchev–Trinajstić information content (AvgIpc) is 2.69. The summed E-state index contributed by atoms with van der Waals surface area (Å²) >= 11 is 3.36. The van der Waals surface area contributed by atoms with E-state index in [4.69, 9.17) is 4.74 Å². The summed E-state index contributed by atoms with van der Waals surface area (Å²) in [5, 5.41) is 5.86. The van der Waals surface area contributed by atoms with Gasteiger partial charge < -0.3 is 20.3 Å². The van der Waals surface area contributed by atoms with Crippen molar-refractivity contribution in [1.29, 1.82) is 0 Å². The van der Waals surface area contributed by atoms with Crippen LogP contribution in [0.2, 0.25) is 0 Å². The molecule has 3 rings (SSSR count). The van der Waals surface area contributed by atoms with Crippen LogP contribution in [-0.2, 0) is 4.79 Å². The summed E-state index contributed by atoms with van der Waals surface area (Å²) in [6.07, 6.45) is 1.46. The number of anilines is 1. The molecule has 1 heterocycles. The van der Waals surface area contributed by atoms with Crippen LogP contribution in [0.1, 0.15) is 12.8 Å². The molecule has 1 aliphatic rings. The van der Waals surface area contributed by atoms with Crippen molar-refractivity contribution in [3.8, 4) is 5.75 Å². The van der Waals surface area contributed by atoms with Crippen LogP contribution in [0.25, 0.3) is 0 Å². The summed E-state index contributed by atoms with van der Waals surface area (Å²) in [6, 6.07) is 16.7. The van der Waals surface area contributed by atoms with Crippen molar-refractivity contribution in [3.63, 3.8) is 0 Å². The van der Waals surface area contributed by atoms with Gasteiger partial charge in [0.05, 0.1) is 0 Å². The zero-order chi connectivity index (χ0) is 19.1. The van der Waals surface area contributed by atoms with Crippen molar-refractivity contribution >= 4 is 33.6 Å². The molecule has 3 amide bonds. The summed E-state index contributed by atoms with van der Waals surface area (Å²) in [7, 11) is 0. The molecule has 27 heavy (non-hydrogen) atoms. The highest BCUT2D eigenvalue weighted by Crippen LogP contribution is 2.16. The molecule has 142 valence electrons. The summed E-state index contributed by atoms with van der Waals surface area (Å²) < 4.78 is 6.44. The molecule has 0 bridgehead atoms. The van der Waals surface area contributed by atoms with Crippen molar-refractivity contribution < 1.29 is 14.3 Å². The lowest BCUT2D eigenvalue weighted by molar-refractivity contribution is -0.124. The smallest absolute Gasteiger partial charge is 0.321 e. The van der Waals surface area contributed by atoms with Gasteiger partial charge in [-0.25, -0.2) is 4.79 Å². The van der Waals surface area contributed by atoms with Gasteiger partial charge >= 0.3 is 6.03 Å². The molecule has 1 saturated heterocycles. The molecule has 0 aliphatic carbocycles. The number of benzene rings is 2. The number of halogens is 1. The first-order valence-corrected chi connectivity index (χ1v) is 9.68. The molecular weight excluding hydrogens is 410 g/mol. The van der Waals surface area contributed by atoms with E-state index in [0.29, 0.717) is 18.8 Å². The summed E-state index contributed by atoms with van der Waals surface area (Å²) in [6.45, 7) is 1.20. The fourth-order valence-corrected chi connectivity index (χ4v) is 3.16. The molecule has 0 unspecified atom stereocenters. The lowest BCUT2D eigenvalue weighted by atomic mass is 10.1. The highest BCUT2D eigenvalue weighted by Gasteiger charge is 2.24. The fourth-order valence-electron chi connectivity index (χ4n) is 2.90. The van der Waals surface area contributed by atoms with Crippen molar-refractivity contribution in [3.05, 3.63) is 59.1 Å². The fraction of sp³-hybridized carbons (Fsp3) is 0.300. The molecule has 0 spiro atoms. The maximum Gasteiger partial charge on any atom is 0.321 e. The van der Waals surface area contributed by atoms with Gasteiger partial charge in [-0.05, 0) is 49.2 Å². The first kappa shape index (κ1) is 19.2. The largest absolute Gasteiger partial charge is 0.484 e. The van der Waals surface area contributed by atoms with Crippen LogP contribution in [0, 0.1) is 0 Å². The molecule has 1 aliphatic heterocycles. The maximum atomic E-state index is 12.3. The van der Waals surface area contributed by atoms with Gasteiger partial charge in [0.2, 0.25) is 0 Å². The van der Waals surface area contributed by atoms with Gasteiger partial charge in [-0.3, -0.25) is 4.79 Å². The molecule has 0 atom stereocenters. The number of para-hydroxylation sites is 1. The van der Waals surface area contributed by atoms with Crippen molar-refractivity contribution in [2.75, 3.05) is 25.0 Å². The predicted molar refractivity (Wildman–Crippen MR) is 108 cm³/mol. The lowest BCUT2D eigenvalue weighted by Gasteiger charge is -2.32. The Bertz CT molecular complexity index is 760. The van der Waals surface area contributed by atoms with Crippen molar-refractivity contribution in [2.24, 2.45) is 0 Å². The number of piperidine rings is 1. The van der Waals surface area contributed by atoms with E-state index in [1.165, 1.54) is 0 Å². The number of rotatable bonds is 5. The normalized spacial score (nSPS) is 14.5. The Hall–Kier alpha value is -2.54. The van der Waals surface area contributed by atoms with Gasteiger partial charge in [0.25, 0.3) is 5.91 Å². The van der Waals surface area contributed by atoms with Gasteiger partial charge in [-0.2, -0.15) is 0 Å². The number of likely N-dealkylation sites (tertiary alicyclic amines) is 1. The Labute approximate surface area is 167 Å². The molecule has 0 radical (unpaired) electrons. The van der Waals surface area contributed by atoms with Crippen molar-refractivity contribution in [1.82, 2.24) is 10.2 Å². The van der Waals surface area contributed by atoms with E-state index in [1.807, 2.05) is 42.5 Å². The minimum atomic E-state index is -0.148. The molecule has 0 saturated carbocycles. The van der Waals surface area contributed by atoms with Crippen LogP contribution in [0.4, 0.5) is 10.5 Å². The third-order valence-corrected chi connectivity index (χ3v) is 4.88. The summed E-state index contributed by atoms with van der Waals surface area (Å²) in [4.78, 5) is 26.1. The zero-order valence-corrected chi connectivity index (χ0v) is 16.4. The molecular formula is C20H22BrN3O3. The van der Waals surface area contributed by atoms with Crippen LogP contribution in [0.5, 0.6) is 5.75 Å². The Morgan fingerprint density at radius 1 is 1.04 bits per heavy atom. The van der Waals surface area contributed by atoms with Crippen LogP contribution in [0.3, 0.4) is 0 Å². The second-order valence-corrected chi connectivity index (χ2v) is 7.28. The number of ether oxygens (including phenoxy) is 1. The van der Waals surface area contributed by atoms with E-state index < -0.39 is 0 Å². The van der Waals surface area contributed by atoms with Gasteiger partial charge in [0.15, 0.2) is 6.61 Å². The number of nitrogens with one attached hydrogen (secondary N) is 2. The van der Waals surface area contributed by atoms with Gasteiger partial charge in [-0.15, -0.1) is 0 Å². The van der Waals surface area contributed by atoms with Crippen LogP contribution in [-0.4, -0.2) is 42.6 Å². The Kier molecular flexibility index (Phi) is 6.70. The standard InChI is InChI=1S/C20H22BrN3O3/c21-15-6-8-18(9-7-15)27-14-19(25)22-17-10-12-24(13-11-17)20(26)23-16-4-2-1-3-5-16/h1-9,17H,10-14H2,(H,22,25)(H,23,26). The highest BCUT2D eigenvalue weighted by molar-refractivity contribution is 9.10. The second-order valence-electron chi connectivity index (χ2n) is 6.37. The van der Waals surface area contributed by atoms with Crippen molar-refractivity contribution in [2.45, 2.75) is 18.9 Å². The number of carbonyl (C=O) groups excluding carboxylic acids is 2. The Morgan fingerprint density at radius 2 is 1.70 bits per heavy atom. The van der Waals surface area contributed by atoms with E-state index in [-0.39, 0.29) is 24.6 Å². The third kappa shape index (κ3) is 5.99. The quantitative estimate of drug-likeness (QED) is 0.758. The number of carbonyl (C=O) groups is 2. The van der Waals surface area contributed by atoms with Crippen LogP contribution < -0.4 is 15.4 Å². The van der Waals surface area contributed by atoms with E-state index in [9.17, 15) is 9.59 Å². The lowest BCUT2D eigenvalue weighted by Crippen LogP contribution is -2.48. The molecule has 2 N–H and O–H groups in total. The number of amides is 3. The number of hydrogen-bond acceptors (Lipinski definition) is 3. The first-order valence-electron chi connectivity index (χ1n) is 8.89. The van der Waals surface area contributed by atoms with E-state index >= 15 is 0 Å². The summed E-state index contributed by atoms with van der Waals surface area (Å²) in [5.41, 5.74) is 0.781. The van der Waals surface area contributed by atoms with E-state index in [0.717, 1.165) is 23.0 Å². The van der Waals surface area contributed by atoms with Crippen LogP contribution in [0.15, 0.2) is 59.1 Å². The SMILES string of the molecule is O=C(COc1ccc(Br)cc1)NC1CCN(C(=O)Nc2ccccc2)CC1. The molecule has 2 aromatic carbocycles. The monoisotopic (exact) mass is 431 g/mol. The molecule has 7 heteroatoms. The molecule has 1 fully saturated rings. The summed E-state index contributed by atoms with van der Waals surface area (Å²) in [5.74, 6) is 0.505. The maximum absolute atomic E-state index is 12.3. The minimum Gasteiger partial charge on any atom is -0.484 e. The second kappa shape index (κ2) is 9.41. The van der Waals surface area contributed by atoms with E-state index in [2.05, 4.69) is 26.6 Å². The topological polar surface area (TPSA) is 70.7 Å². The molecule has 6 nitrogen and oxygen atoms in total. The molecule has 0 aromatic heterocycles. The number of nitrogens with zero attached hydrogens (tertiary/aromatic N) is 1. The average molecular weight is 432 g/mol. The van der Waals surface area contributed by atoms with Gasteiger partial charge in [0.1, 0.15) is 5.75 Å². The number of urea groups is 1. The first-order chi connectivity index (χ1) is 13.1. The number of hydrogen-bond donors (Lipinski definition) is 2. The van der Waals surface area contributed by atoms with E-state index in [1.54, 1.807) is 17.0 Å². The zero-order valence-electron chi connectivity index (χ0n) is 14.9. The third-order valence-electron chi connectivity index (χ3n) is 4.36. The Morgan fingerprint density at radius 3 is 2.37 bits per heavy atom. The van der Waals surface area contributed by atoms with Crippen LogP contribution >= 0.6 is 15.9 Å².